The normalized spacial score (nSPS) is 17.7. The SMILES string of the molecule is CCCCCCCN1CC(C(C)C)Oc2cccc(N)c21. The van der Waals surface area contributed by atoms with Crippen LogP contribution in [0.5, 0.6) is 5.75 Å². The molecule has 1 atom stereocenters. The second-order valence-corrected chi connectivity index (χ2v) is 6.45. The van der Waals surface area contributed by atoms with E-state index < -0.39 is 0 Å². The van der Waals surface area contributed by atoms with Crippen LogP contribution < -0.4 is 15.4 Å². The van der Waals surface area contributed by atoms with Gasteiger partial charge >= 0.3 is 0 Å². The fourth-order valence-electron chi connectivity index (χ4n) is 2.94. The first kappa shape index (κ1) is 16.0. The molecule has 1 aromatic carbocycles. The van der Waals surface area contributed by atoms with Crippen LogP contribution in [0.3, 0.4) is 0 Å². The molecule has 118 valence electrons. The van der Waals surface area contributed by atoms with Gasteiger partial charge in [0.25, 0.3) is 0 Å². The average molecular weight is 290 g/mol. The highest BCUT2D eigenvalue weighted by Crippen LogP contribution is 2.39. The van der Waals surface area contributed by atoms with Gasteiger partial charge in [-0.05, 0) is 24.5 Å². The molecule has 3 heteroatoms. The Labute approximate surface area is 129 Å². The van der Waals surface area contributed by atoms with Gasteiger partial charge in [0.2, 0.25) is 0 Å². The van der Waals surface area contributed by atoms with Gasteiger partial charge in [-0.25, -0.2) is 0 Å². The Morgan fingerprint density at radius 1 is 1.24 bits per heavy atom. The number of hydrogen-bond acceptors (Lipinski definition) is 3. The van der Waals surface area contributed by atoms with E-state index >= 15 is 0 Å². The van der Waals surface area contributed by atoms with Gasteiger partial charge in [-0.3, -0.25) is 0 Å². The van der Waals surface area contributed by atoms with Crippen LogP contribution in [-0.4, -0.2) is 19.2 Å². The number of nitrogens with two attached hydrogens (primary N) is 1. The lowest BCUT2D eigenvalue weighted by Gasteiger charge is -2.38. The second kappa shape index (κ2) is 7.58. The minimum absolute atomic E-state index is 0.259. The summed E-state index contributed by atoms with van der Waals surface area (Å²) in [6, 6.07) is 6.00. The molecule has 0 saturated heterocycles. The van der Waals surface area contributed by atoms with Gasteiger partial charge in [-0.2, -0.15) is 0 Å². The topological polar surface area (TPSA) is 38.5 Å². The highest BCUT2D eigenvalue weighted by atomic mass is 16.5. The molecule has 1 aliphatic rings. The van der Waals surface area contributed by atoms with Gasteiger partial charge in [-0.15, -0.1) is 0 Å². The summed E-state index contributed by atoms with van der Waals surface area (Å²) in [5, 5.41) is 0. The lowest BCUT2D eigenvalue weighted by Crippen LogP contribution is -2.43. The summed E-state index contributed by atoms with van der Waals surface area (Å²) in [7, 11) is 0. The van der Waals surface area contributed by atoms with Crippen LogP contribution in [0.2, 0.25) is 0 Å². The molecule has 0 aromatic heterocycles. The molecular weight excluding hydrogens is 260 g/mol. The van der Waals surface area contributed by atoms with Gasteiger partial charge in [0, 0.05) is 6.54 Å². The number of ether oxygens (including phenoxy) is 1. The highest BCUT2D eigenvalue weighted by Gasteiger charge is 2.28. The van der Waals surface area contributed by atoms with Crippen LogP contribution in [0.15, 0.2) is 18.2 Å². The summed E-state index contributed by atoms with van der Waals surface area (Å²) in [6.45, 7) is 8.74. The third-order valence-corrected chi connectivity index (χ3v) is 4.30. The van der Waals surface area contributed by atoms with Crippen molar-refractivity contribution in [1.82, 2.24) is 0 Å². The van der Waals surface area contributed by atoms with Crippen LogP contribution >= 0.6 is 0 Å². The first-order valence-corrected chi connectivity index (χ1v) is 8.43. The highest BCUT2D eigenvalue weighted by molar-refractivity contribution is 5.75. The average Bonchev–Trinajstić information content (AvgIpc) is 2.46. The molecule has 0 amide bonds. The third kappa shape index (κ3) is 4.05. The van der Waals surface area contributed by atoms with Gasteiger partial charge in [0.1, 0.15) is 17.5 Å². The summed E-state index contributed by atoms with van der Waals surface area (Å²) in [5.41, 5.74) is 8.12. The van der Waals surface area contributed by atoms with E-state index in [-0.39, 0.29) is 6.10 Å². The van der Waals surface area contributed by atoms with E-state index in [1.165, 1.54) is 32.1 Å². The number of rotatable bonds is 7. The molecule has 0 spiro atoms. The van der Waals surface area contributed by atoms with Crippen molar-refractivity contribution in [1.29, 1.82) is 0 Å². The Morgan fingerprint density at radius 2 is 2.00 bits per heavy atom. The number of nitrogens with zero attached hydrogens (tertiary/aromatic N) is 1. The predicted molar refractivity (Wildman–Crippen MR) is 91.1 cm³/mol. The number of nitrogen functional groups attached to an aromatic ring is 1. The van der Waals surface area contributed by atoms with E-state index in [1.807, 2.05) is 18.2 Å². The number of para-hydroxylation sites is 1. The first-order chi connectivity index (χ1) is 10.1. The van der Waals surface area contributed by atoms with Gasteiger partial charge in [0.15, 0.2) is 0 Å². The molecular formula is C18H30N2O. The molecule has 0 bridgehead atoms. The zero-order valence-electron chi connectivity index (χ0n) is 13.8. The number of unbranched alkanes of at least 4 members (excludes halogenated alkanes) is 4. The number of fused-ring (bicyclic) bond motifs is 1. The molecule has 2 rings (SSSR count). The summed E-state index contributed by atoms with van der Waals surface area (Å²) < 4.78 is 6.13. The van der Waals surface area contributed by atoms with E-state index in [2.05, 4.69) is 25.7 Å². The van der Waals surface area contributed by atoms with Crippen molar-refractivity contribution in [3.63, 3.8) is 0 Å². The summed E-state index contributed by atoms with van der Waals surface area (Å²) in [5.74, 6) is 1.47. The Morgan fingerprint density at radius 3 is 2.71 bits per heavy atom. The molecule has 21 heavy (non-hydrogen) atoms. The summed E-state index contributed by atoms with van der Waals surface area (Å²) in [4.78, 5) is 2.44. The lowest BCUT2D eigenvalue weighted by molar-refractivity contribution is 0.145. The number of hydrogen-bond donors (Lipinski definition) is 1. The third-order valence-electron chi connectivity index (χ3n) is 4.30. The minimum Gasteiger partial charge on any atom is -0.486 e. The van der Waals surface area contributed by atoms with Gasteiger partial charge in [-0.1, -0.05) is 52.5 Å². The fourth-order valence-corrected chi connectivity index (χ4v) is 2.94. The monoisotopic (exact) mass is 290 g/mol. The van der Waals surface area contributed by atoms with Gasteiger partial charge in [0.05, 0.1) is 12.2 Å². The fraction of sp³-hybridized carbons (Fsp3) is 0.667. The quantitative estimate of drug-likeness (QED) is 0.595. The molecule has 3 nitrogen and oxygen atoms in total. The summed E-state index contributed by atoms with van der Waals surface area (Å²) in [6.07, 6.45) is 6.78. The molecule has 0 saturated carbocycles. The molecule has 1 aromatic rings. The van der Waals surface area contributed by atoms with Crippen molar-refractivity contribution < 1.29 is 4.74 Å². The number of benzene rings is 1. The largest absolute Gasteiger partial charge is 0.486 e. The van der Waals surface area contributed by atoms with E-state index in [9.17, 15) is 0 Å². The molecule has 1 unspecified atom stereocenters. The van der Waals surface area contributed by atoms with Crippen molar-refractivity contribution in [2.75, 3.05) is 23.7 Å². The molecule has 1 heterocycles. The van der Waals surface area contributed by atoms with E-state index in [0.29, 0.717) is 5.92 Å². The zero-order chi connectivity index (χ0) is 15.2. The van der Waals surface area contributed by atoms with Crippen LogP contribution in [0.1, 0.15) is 52.9 Å². The van der Waals surface area contributed by atoms with Crippen LogP contribution in [0, 0.1) is 5.92 Å². The first-order valence-electron chi connectivity index (χ1n) is 8.43. The maximum atomic E-state index is 6.18. The number of anilines is 2. The van der Waals surface area contributed by atoms with Crippen molar-refractivity contribution in [2.24, 2.45) is 5.92 Å². The van der Waals surface area contributed by atoms with E-state index in [0.717, 1.165) is 30.2 Å². The van der Waals surface area contributed by atoms with Crippen molar-refractivity contribution >= 4 is 11.4 Å². The van der Waals surface area contributed by atoms with E-state index in [1.54, 1.807) is 0 Å². The second-order valence-electron chi connectivity index (χ2n) is 6.45. The van der Waals surface area contributed by atoms with Crippen LogP contribution in [0.25, 0.3) is 0 Å². The van der Waals surface area contributed by atoms with Crippen molar-refractivity contribution in [3.05, 3.63) is 18.2 Å². The molecule has 0 fully saturated rings. The van der Waals surface area contributed by atoms with Crippen LogP contribution in [0.4, 0.5) is 11.4 Å². The maximum absolute atomic E-state index is 6.18. The van der Waals surface area contributed by atoms with Crippen molar-refractivity contribution in [3.8, 4) is 5.75 Å². The minimum atomic E-state index is 0.259. The Kier molecular flexibility index (Phi) is 5.77. The predicted octanol–water partition coefficient (Wildman–Crippen LogP) is 4.46. The lowest BCUT2D eigenvalue weighted by atomic mass is 10.0. The molecule has 0 aliphatic carbocycles. The summed E-state index contributed by atoms with van der Waals surface area (Å²) >= 11 is 0. The van der Waals surface area contributed by atoms with E-state index in [4.69, 9.17) is 10.5 Å². The molecule has 0 radical (unpaired) electrons. The molecule has 2 N–H and O–H groups in total. The Hall–Kier alpha value is -1.38. The van der Waals surface area contributed by atoms with Crippen molar-refractivity contribution in [2.45, 2.75) is 59.0 Å². The van der Waals surface area contributed by atoms with Crippen LogP contribution in [-0.2, 0) is 0 Å². The molecule has 1 aliphatic heterocycles. The smallest absolute Gasteiger partial charge is 0.145 e. The standard InChI is InChI=1S/C18H30N2O/c1-4-5-6-7-8-12-20-13-17(14(2)3)21-16-11-9-10-15(19)18(16)20/h9-11,14,17H,4-8,12-13,19H2,1-3H3. The Bertz CT molecular complexity index is 445. The zero-order valence-corrected chi connectivity index (χ0v) is 13.8. The Balaban J connectivity index is 2.04. The van der Waals surface area contributed by atoms with Gasteiger partial charge < -0.3 is 15.4 Å². The maximum Gasteiger partial charge on any atom is 0.145 e.